The van der Waals surface area contributed by atoms with Crippen LogP contribution in [0.2, 0.25) is 0 Å². The number of aliphatic carboxylic acids is 1. The Morgan fingerprint density at radius 1 is 0.667 bits per heavy atom. The van der Waals surface area contributed by atoms with Gasteiger partial charge in [-0.1, -0.05) is 103 Å². The number of carboxylic acids is 1. The zero-order chi connectivity index (χ0) is 26.7. The fourth-order valence-electron chi connectivity index (χ4n) is 4.60. The Hall–Kier alpha value is -0.750. The van der Waals surface area contributed by atoms with Crippen LogP contribution >= 0.6 is 11.8 Å². The van der Waals surface area contributed by atoms with Crippen LogP contribution < -0.4 is 10.4 Å². The first-order valence-electron chi connectivity index (χ1n) is 15.2. The van der Waals surface area contributed by atoms with Crippen molar-refractivity contribution in [3.05, 3.63) is 0 Å². The number of nitrogens with zero attached hydrogens (tertiary/aromatic N) is 1. The van der Waals surface area contributed by atoms with Gasteiger partial charge in [-0.2, -0.15) is 11.8 Å². The summed E-state index contributed by atoms with van der Waals surface area (Å²) in [5, 5.41) is 13.7. The van der Waals surface area contributed by atoms with Crippen molar-refractivity contribution in [2.45, 2.75) is 135 Å². The summed E-state index contributed by atoms with van der Waals surface area (Å²) in [5.41, 5.74) is 0. The van der Waals surface area contributed by atoms with E-state index in [0.717, 1.165) is 19.3 Å². The lowest BCUT2D eigenvalue weighted by atomic mass is 10.1. The van der Waals surface area contributed by atoms with E-state index in [4.69, 9.17) is 0 Å². The molecular formula is C30H60N2O3S. The van der Waals surface area contributed by atoms with Crippen LogP contribution in [0, 0.1) is 0 Å². The molecule has 0 rings (SSSR count). The second-order valence-electron chi connectivity index (χ2n) is 11.3. The molecule has 5 nitrogen and oxygen atoms in total. The number of carboxylic acid groups (broad SMARTS) is 1. The molecule has 214 valence electrons. The van der Waals surface area contributed by atoms with Gasteiger partial charge in [0.05, 0.1) is 26.6 Å². The Morgan fingerprint density at radius 2 is 1.11 bits per heavy atom. The van der Waals surface area contributed by atoms with E-state index in [2.05, 4.69) is 24.0 Å². The summed E-state index contributed by atoms with van der Waals surface area (Å²) in [4.78, 5) is 22.6. The van der Waals surface area contributed by atoms with E-state index in [9.17, 15) is 14.7 Å². The number of hydrogen-bond donors (Lipinski definition) is 1. The number of quaternary nitrogens is 1. The lowest BCUT2D eigenvalue weighted by Gasteiger charge is -2.30. The summed E-state index contributed by atoms with van der Waals surface area (Å²) in [6, 6.07) is 0. The van der Waals surface area contributed by atoms with Crippen LogP contribution in [0.15, 0.2) is 0 Å². The van der Waals surface area contributed by atoms with Crippen LogP contribution in [0.25, 0.3) is 0 Å². The normalized spacial score (nSPS) is 11.6. The summed E-state index contributed by atoms with van der Waals surface area (Å²) in [5.74, 6) is 1.78. The molecule has 0 aromatic heterocycles. The maximum atomic E-state index is 11.9. The van der Waals surface area contributed by atoms with Crippen LogP contribution in [-0.2, 0) is 9.59 Å². The van der Waals surface area contributed by atoms with Crippen LogP contribution in [0.3, 0.4) is 0 Å². The van der Waals surface area contributed by atoms with Gasteiger partial charge in [0.15, 0.2) is 0 Å². The van der Waals surface area contributed by atoms with Gasteiger partial charge in [-0.25, -0.2) is 0 Å². The highest BCUT2D eigenvalue weighted by molar-refractivity contribution is 7.99. The van der Waals surface area contributed by atoms with Gasteiger partial charge in [0.25, 0.3) is 0 Å². The molecule has 0 heterocycles. The van der Waals surface area contributed by atoms with Crippen molar-refractivity contribution in [2.75, 3.05) is 45.2 Å². The van der Waals surface area contributed by atoms with E-state index >= 15 is 0 Å². The molecule has 0 spiro atoms. The summed E-state index contributed by atoms with van der Waals surface area (Å²) in [6.45, 7) is 3.62. The van der Waals surface area contributed by atoms with Crippen LogP contribution in [0.5, 0.6) is 0 Å². The highest BCUT2D eigenvalue weighted by Crippen LogP contribution is 2.15. The molecule has 0 unspecified atom stereocenters. The Balaban J connectivity index is 3.24. The molecule has 0 aromatic carbocycles. The minimum atomic E-state index is -1.03. The van der Waals surface area contributed by atoms with Crippen molar-refractivity contribution in [3.63, 3.8) is 0 Å². The first-order valence-corrected chi connectivity index (χ1v) is 16.4. The lowest BCUT2D eigenvalue weighted by Crippen LogP contribution is -2.49. The Kier molecular flexibility index (Phi) is 25.3. The summed E-state index contributed by atoms with van der Waals surface area (Å²) < 4.78 is 0.385. The number of thioether (sulfide) groups is 1. The average Bonchev–Trinajstić information content (AvgIpc) is 2.82. The van der Waals surface area contributed by atoms with E-state index in [1.54, 1.807) is 0 Å². The Bertz CT molecular complexity index is 514. The zero-order valence-electron chi connectivity index (χ0n) is 24.3. The fraction of sp³-hybridized carbons (Fsp3) is 0.933. The molecule has 0 radical (unpaired) electrons. The van der Waals surface area contributed by atoms with Gasteiger partial charge >= 0.3 is 0 Å². The number of likely N-dealkylation sites (N-methyl/N-ethyl adjacent to an activating group) is 1. The van der Waals surface area contributed by atoms with Gasteiger partial charge in [-0.05, 0) is 30.8 Å². The van der Waals surface area contributed by atoms with Crippen molar-refractivity contribution in [3.8, 4) is 0 Å². The highest BCUT2D eigenvalue weighted by atomic mass is 32.2. The van der Waals surface area contributed by atoms with Crippen molar-refractivity contribution >= 4 is 23.6 Å². The Morgan fingerprint density at radius 3 is 1.58 bits per heavy atom. The number of nitrogens with one attached hydrogen (secondary N) is 1. The van der Waals surface area contributed by atoms with Gasteiger partial charge < -0.3 is 19.7 Å². The van der Waals surface area contributed by atoms with Crippen molar-refractivity contribution in [2.24, 2.45) is 0 Å². The van der Waals surface area contributed by atoms with Crippen LogP contribution in [0.4, 0.5) is 0 Å². The van der Waals surface area contributed by atoms with Crippen molar-refractivity contribution in [1.82, 2.24) is 5.32 Å². The van der Waals surface area contributed by atoms with E-state index < -0.39 is 5.97 Å². The lowest BCUT2D eigenvalue weighted by molar-refractivity contribution is -0.884. The molecule has 6 heteroatoms. The van der Waals surface area contributed by atoms with Gasteiger partial charge in [0, 0.05) is 19.4 Å². The third kappa shape index (κ3) is 27.8. The Labute approximate surface area is 228 Å². The molecule has 0 aliphatic heterocycles. The van der Waals surface area contributed by atoms with Crippen LogP contribution in [-0.4, -0.2) is 61.6 Å². The monoisotopic (exact) mass is 528 g/mol. The smallest absolute Gasteiger partial charge is 0.219 e. The minimum absolute atomic E-state index is 0.00630. The fourth-order valence-corrected chi connectivity index (χ4v) is 5.62. The van der Waals surface area contributed by atoms with E-state index in [1.165, 1.54) is 114 Å². The molecule has 1 N–H and O–H groups in total. The maximum Gasteiger partial charge on any atom is 0.219 e. The molecular weight excluding hydrogens is 468 g/mol. The van der Waals surface area contributed by atoms with E-state index in [0.29, 0.717) is 24.0 Å². The average molecular weight is 529 g/mol. The van der Waals surface area contributed by atoms with Gasteiger partial charge in [-0.15, -0.1) is 0 Å². The van der Waals surface area contributed by atoms with Crippen molar-refractivity contribution < 1.29 is 19.2 Å². The number of unbranched alkanes of at least 4 members (excludes halogenated alkanes) is 16. The molecule has 0 saturated carbocycles. The topological polar surface area (TPSA) is 69.2 Å². The summed E-state index contributed by atoms with van der Waals surface area (Å²) in [7, 11) is 3.74. The first-order chi connectivity index (χ1) is 17.4. The van der Waals surface area contributed by atoms with Crippen molar-refractivity contribution in [1.29, 1.82) is 0 Å². The molecule has 0 atom stereocenters. The second kappa shape index (κ2) is 25.9. The highest BCUT2D eigenvalue weighted by Gasteiger charge is 2.14. The molecule has 0 aliphatic rings. The molecule has 0 fully saturated rings. The predicted molar refractivity (Wildman–Crippen MR) is 155 cm³/mol. The number of rotatable bonds is 28. The van der Waals surface area contributed by atoms with E-state index in [1.807, 2.05) is 14.1 Å². The third-order valence-corrected chi connectivity index (χ3v) is 8.06. The van der Waals surface area contributed by atoms with E-state index in [-0.39, 0.29) is 12.5 Å². The maximum absolute atomic E-state index is 11.9. The summed E-state index contributed by atoms with van der Waals surface area (Å²) in [6.07, 6.45) is 25.7. The second-order valence-corrected chi connectivity index (χ2v) is 12.5. The molecule has 36 heavy (non-hydrogen) atoms. The zero-order valence-corrected chi connectivity index (χ0v) is 25.1. The molecule has 1 amide bonds. The third-order valence-electron chi connectivity index (χ3n) is 6.90. The predicted octanol–water partition coefficient (Wildman–Crippen LogP) is 6.48. The quantitative estimate of drug-likeness (QED) is 0.0931. The largest absolute Gasteiger partial charge is 0.544 e. The molecule has 0 bridgehead atoms. The molecule has 0 saturated heterocycles. The minimum Gasteiger partial charge on any atom is -0.544 e. The molecule has 0 aromatic rings. The molecule has 0 aliphatic carbocycles. The number of carbonyl (C=O) groups is 2. The van der Waals surface area contributed by atoms with Gasteiger partial charge in [0.2, 0.25) is 5.91 Å². The SMILES string of the molecule is CCCCCCCCCCCCSCCCCCCCCCCC(=O)NCCC[N+](C)(C)CC(=O)[O-]. The van der Waals surface area contributed by atoms with Crippen LogP contribution in [0.1, 0.15) is 135 Å². The summed E-state index contributed by atoms with van der Waals surface area (Å²) >= 11 is 2.15. The van der Waals surface area contributed by atoms with Gasteiger partial charge in [0.1, 0.15) is 6.54 Å². The number of amides is 1. The standard InChI is InChI=1S/C30H60N2O3S/c1-4-5-6-7-8-9-11-14-17-20-26-36-27-21-18-15-12-10-13-16-19-23-29(33)31-24-22-25-32(2,3)28-30(34)35/h4-28H2,1-3H3,(H-,31,33,34,35). The number of carbonyl (C=O) groups excluding carboxylic acids is 2. The first kappa shape index (κ1) is 35.2. The van der Waals surface area contributed by atoms with Gasteiger partial charge in [-0.3, -0.25) is 4.79 Å². The number of hydrogen-bond acceptors (Lipinski definition) is 4.